The van der Waals surface area contributed by atoms with E-state index in [1.54, 1.807) is 18.2 Å². The van der Waals surface area contributed by atoms with Gasteiger partial charge in [0.1, 0.15) is 11.5 Å². The molecular formula is C17H22O5. The molecule has 0 aromatic heterocycles. The second-order valence-corrected chi connectivity index (χ2v) is 5.50. The van der Waals surface area contributed by atoms with Gasteiger partial charge < -0.3 is 14.2 Å². The fourth-order valence-electron chi connectivity index (χ4n) is 2.76. The van der Waals surface area contributed by atoms with Crippen LogP contribution in [0.25, 0.3) is 0 Å². The summed E-state index contributed by atoms with van der Waals surface area (Å²) in [5, 5.41) is 0. The standard InChI is InChI=1S/C17H22O5/c1-20-13-7-8-16(21-2)14(10-13)15(18)11-22-17(19)9-12-5-3-4-6-12/h7-8,10,12H,3-6,9,11H2,1-2H3. The topological polar surface area (TPSA) is 61.8 Å². The Kier molecular flexibility index (Phi) is 5.81. The van der Waals surface area contributed by atoms with Gasteiger partial charge in [-0.05, 0) is 37.0 Å². The first-order valence-corrected chi connectivity index (χ1v) is 7.55. The van der Waals surface area contributed by atoms with E-state index in [2.05, 4.69) is 0 Å². The number of esters is 1. The molecule has 5 heteroatoms. The molecular weight excluding hydrogens is 284 g/mol. The van der Waals surface area contributed by atoms with Crippen molar-refractivity contribution in [2.75, 3.05) is 20.8 Å². The van der Waals surface area contributed by atoms with Crippen LogP contribution in [0.5, 0.6) is 11.5 Å². The second-order valence-electron chi connectivity index (χ2n) is 5.50. The van der Waals surface area contributed by atoms with Gasteiger partial charge in [-0.3, -0.25) is 9.59 Å². The molecule has 0 bridgehead atoms. The summed E-state index contributed by atoms with van der Waals surface area (Å²) in [7, 11) is 3.02. The van der Waals surface area contributed by atoms with Gasteiger partial charge >= 0.3 is 5.97 Å². The average molecular weight is 306 g/mol. The summed E-state index contributed by atoms with van der Waals surface area (Å²) in [4.78, 5) is 24.0. The van der Waals surface area contributed by atoms with E-state index >= 15 is 0 Å². The molecule has 0 heterocycles. The van der Waals surface area contributed by atoms with Gasteiger partial charge in [0, 0.05) is 6.42 Å². The quantitative estimate of drug-likeness (QED) is 0.572. The van der Waals surface area contributed by atoms with Gasteiger partial charge in [0.25, 0.3) is 0 Å². The minimum absolute atomic E-state index is 0.269. The minimum Gasteiger partial charge on any atom is -0.497 e. The van der Waals surface area contributed by atoms with Crippen LogP contribution in [0.15, 0.2) is 18.2 Å². The Morgan fingerprint density at radius 3 is 2.50 bits per heavy atom. The molecule has 5 nitrogen and oxygen atoms in total. The molecule has 0 unspecified atom stereocenters. The number of Topliss-reactive ketones (excluding diaryl/α,β-unsaturated/α-hetero) is 1. The Morgan fingerprint density at radius 2 is 1.86 bits per heavy atom. The fourth-order valence-corrected chi connectivity index (χ4v) is 2.76. The Balaban J connectivity index is 1.92. The number of ketones is 1. The van der Waals surface area contributed by atoms with Crippen LogP contribution in [0.4, 0.5) is 0 Å². The Morgan fingerprint density at radius 1 is 1.14 bits per heavy atom. The Labute approximate surface area is 130 Å². The van der Waals surface area contributed by atoms with Gasteiger partial charge in [0.05, 0.1) is 19.8 Å². The fraction of sp³-hybridized carbons (Fsp3) is 0.529. The molecule has 0 atom stereocenters. The molecule has 1 aliphatic carbocycles. The van der Waals surface area contributed by atoms with Gasteiger partial charge in [-0.1, -0.05) is 12.8 Å². The van der Waals surface area contributed by atoms with Crippen LogP contribution < -0.4 is 9.47 Å². The third-order valence-corrected chi connectivity index (χ3v) is 4.00. The van der Waals surface area contributed by atoms with Crippen LogP contribution in [0, 0.1) is 5.92 Å². The van der Waals surface area contributed by atoms with Crippen LogP contribution in [0.2, 0.25) is 0 Å². The van der Waals surface area contributed by atoms with Crippen LogP contribution in [-0.2, 0) is 9.53 Å². The van der Waals surface area contributed by atoms with Crippen molar-refractivity contribution in [3.05, 3.63) is 23.8 Å². The molecule has 1 fully saturated rings. The van der Waals surface area contributed by atoms with Crippen molar-refractivity contribution in [2.45, 2.75) is 32.1 Å². The van der Waals surface area contributed by atoms with Gasteiger partial charge in [-0.25, -0.2) is 0 Å². The Hall–Kier alpha value is -2.04. The third-order valence-electron chi connectivity index (χ3n) is 4.00. The van der Waals surface area contributed by atoms with E-state index in [9.17, 15) is 9.59 Å². The minimum atomic E-state index is -0.304. The molecule has 0 N–H and O–H groups in total. The highest BCUT2D eigenvalue weighted by Crippen LogP contribution is 2.28. The largest absolute Gasteiger partial charge is 0.497 e. The van der Waals surface area contributed by atoms with E-state index in [0.717, 1.165) is 12.8 Å². The van der Waals surface area contributed by atoms with Crippen molar-refractivity contribution < 1.29 is 23.8 Å². The number of ether oxygens (including phenoxy) is 3. The number of rotatable bonds is 7. The highest BCUT2D eigenvalue weighted by molar-refractivity contribution is 6.00. The first-order chi connectivity index (χ1) is 10.6. The van der Waals surface area contributed by atoms with Gasteiger partial charge in [-0.2, -0.15) is 0 Å². The maximum absolute atomic E-state index is 12.2. The SMILES string of the molecule is COc1ccc(OC)c(C(=O)COC(=O)CC2CCCC2)c1. The molecule has 22 heavy (non-hydrogen) atoms. The van der Waals surface area contributed by atoms with E-state index in [0.29, 0.717) is 29.4 Å². The van der Waals surface area contributed by atoms with Crippen molar-refractivity contribution in [1.82, 2.24) is 0 Å². The summed E-state index contributed by atoms with van der Waals surface area (Å²) in [6, 6.07) is 4.96. The molecule has 1 aromatic rings. The molecule has 0 aliphatic heterocycles. The van der Waals surface area contributed by atoms with E-state index in [4.69, 9.17) is 14.2 Å². The lowest BCUT2D eigenvalue weighted by Gasteiger charge is -2.11. The smallest absolute Gasteiger partial charge is 0.306 e. The molecule has 0 amide bonds. The normalized spacial score (nSPS) is 14.6. The number of methoxy groups -OCH3 is 2. The van der Waals surface area contributed by atoms with Crippen LogP contribution in [0.3, 0.4) is 0 Å². The van der Waals surface area contributed by atoms with Crippen molar-refractivity contribution >= 4 is 11.8 Å². The summed E-state index contributed by atoms with van der Waals surface area (Å²) < 4.78 is 15.4. The van der Waals surface area contributed by atoms with Crippen LogP contribution in [0.1, 0.15) is 42.5 Å². The van der Waals surface area contributed by atoms with Crippen molar-refractivity contribution in [3.8, 4) is 11.5 Å². The molecule has 2 rings (SSSR count). The van der Waals surface area contributed by atoms with E-state index in [1.165, 1.54) is 27.1 Å². The Bertz CT molecular complexity index is 532. The summed E-state index contributed by atoms with van der Waals surface area (Å²) in [5.41, 5.74) is 0.357. The molecule has 0 spiro atoms. The van der Waals surface area contributed by atoms with E-state index in [-0.39, 0.29) is 18.4 Å². The van der Waals surface area contributed by atoms with Crippen molar-refractivity contribution in [1.29, 1.82) is 0 Å². The molecule has 1 aromatic carbocycles. The lowest BCUT2D eigenvalue weighted by Crippen LogP contribution is -2.16. The average Bonchev–Trinajstić information content (AvgIpc) is 3.04. The zero-order chi connectivity index (χ0) is 15.9. The predicted octanol–water partition coefficient (Wildman–Crippen LogP) is 3.01. The molecule has 0 radical (unpaired) electrons. The maximum atomic E-state index is 12.2. The monoisotopic (exact) mass is 306 g/mol. The third kappa shape index (κ3) is 4.23. The second kappa shape index (κ2) is 7.82. The first kappa shape index (κ1) is 16.3. The maximum Gasteiger partial charge on any atom is 0.306 e. The highest BCUT2D eigenvalue weighted by atomic mass is 16.5. The predicted molar refractivity (Wildman–Crippen MR) is 81.4 cm³/mol. The molecule has 1 saturated carbocycles. The number of carbonyl (C=O) groups excluding carboxylic acids is 2. The van der Waals surface area contributed by atoms with E-state index in [1.807, 2.05) is 0 Å². The highest BCUT2D eigenvalue weighted by Gasteiger charge is 2.21. The van der Waals surface area contributed by atoms with Crippen LogP contribution >= 0.6 is 0 Å². The number of benzene rings is 1. The first-order valence-electron chi connectivity index (χ1n) is 7.55. The lowest BCUT2D eigenvalue weighted by atomic mass is 10.0. The summed E-state index contributed by atoms with van der Waals surface area (Å²) in [6.45, 7) is -0.269. The number of hydrogen-bond donors (Lipinski definition) is 0. The number of carbonyl (C=O) groups is 2. The zero-order valence-electron chi connectivity index (χ0n) is 13.1. The van der Waals surface area contributed by atoms with Crippen LogP contribution in [-0.4, -0.2) is 32.6 Å². The van der Waals surface area contributed by atoms with Gasteiger partial charge in [-0.15, -0.1) is 0 Å². The number of hydrogen-bond acceptors (Lipinski definition) is 5. The summed E-state index contributed by atoms with van der Waals surface area (Å²) >= 11 is 0. The van der Waals surface area contributed by atoms with Gasteiger partial charge in [0.2, 0.25) is 5.78 Å². The van der Waals surface area contributed by atoms with Gasteiger partial charge in [0.15, 0.2) is 6.61 Å². The molecule has 1 aliphatic rings. The van der Waals surface area contributed by atoms with Crippen molar-refractivity contribution in [3.63, 3.8) is 0 Å². The molecule has 120 valence electrons. The van der Waals surface area contributed by atoms with Crippen molar-refractivity contribution in [2.24, 2.45) is 5.92 Å². The summed E-state index contributed by atoms with van der Waals surface area (Å²) in [5.74, 6) is 0.811. The zero-order valence-corrected chi connectivity index (χ0v) is 13.1. The summed E-state index contributed by atoms with van der Waals surface area (Å²) in [6.07, 6.45) is 4.91. The lowest BCUT2D eigenvalue weighted by molar-refractivity contribution is -0.143. The molecule has 0 saturated heterocycles. The van der Waals surface area contributed by atoms with E-state index < -0.39 is 0 Å².